The lowest BCUT2D eigenvalue weighted by molar-refractivity contribution is 0.320. The number of benzene rings is 1. The first kappa shape index (κ1) is 13.9. The summed E-state index contributed by atoms with van der Waals surface area (Å²) in [7, 11) is 0. The number of halogens is 1. The fourth-order valence-electron chi connectivity index (χ4n) is 2.99. The average Bonchev–Trinajstić information content (AvgIpc) is 2.65. The van der Waals surface area contributed by atoms with Crippen LogP contribution in [0.4, 0.5) is 0 Å². The highest BCUT2D eigenvalue weighted by atomic mass is 35.5. The molecule has 2 rings (SSSR count). The van der Waals surface area contributed by atoms with Crippen LogP contribution in [0.3, 0.4) is 0 Å². The Morgan fingerprint density at radius 3 is 2.56 bits per heavy atom. The van der Waals surface area contributed by atoms with E-state index in [-0.39, 0.29) is 0 Å². The highest BCUT2D eigenvalue weighted by Crippen LogP contribution is 2.27. The van der Waals surface area contributed by atoms with E-state index in [1.165, 1.54) is 44.1 Å². The number of nitrogens with one attached hydrogen (secondary N) is 1. The Morgan fingerprint density at radius 2 is 1.94 bits per heavy atom. The lowest BCUT2D eigenvalue weighted by Crippen LogP contribution is -2.42. The molecule has 1 aliphatic rings. The van der Waals surface area contributed by atoms with E-state index >= 15 is 0 Å². The molecule has 0 radical (unpaired) electrons. The fraction of sp³-hybridized carbons (Fsp3) is 0.600. The molecule has 0 saturated heterocycles. The zero-order chi connectivity index (χ0) is 12.8. The highest BCUT2D eigenvalue weighted by molar-refractivity contribution is 6.30. The highest BCUT2D eigenvalue weighted by Gasteiger charge is 2.21. The first-order valence-corrected chi connectivity index (χ1v) is 7.38. The maximum absolute atomic E-state index is 6.03. The Kier molecular flexibility index (Phi) is 5.48. The summed E-state index contributed by atoms with van der Waals surface area (Å²) in [5.41, 5.74) is 4.30. The SMILES string of the molecule is NNC(Cc1cccc(Cl)c1)C1CCCCCC1. The van der Waals surface area contributed by atoms with Gasteiger partial charge in [-0.15, -0.1) is 0 Å². The second kappa shape index (κ2) is 7.13. The van der Waals surface area contributed by atoms with Gasteiger partial charge >= 0.3 is 0 Å². The van der Waals surface area contributed by atoms with Crippen LogP contribution >= 0.6 is 11.6 Å². The van der Waals surface area contributed by atoms with Gasteiger partial charge in [0.05, 0.1) is 0 Å². The van der Waals surface area contributed by atoms with E-state index in [2.05, 4.69) is 11.5 Å². The van der Waals surface area contributed by atoms with Crippen LogP contribution in [0, 0.1) is 5.92 Å². The van der Waals surface area contributed by atoms with Gasteiger partial charge in [-0.05, 0) is 42.9 Å². The van der Waals surface area contributed by atoms with E-state index in [1.54, 1.807) is 0 Å². The molecule has 0 aliphatic heterocycles. The maximum Gasteiger partial charge on any atom is 0.0408 e. The Morgan fingerprint density at radius 1 is 1.22 bits per heavy atom. The molecule has 1 aromatic rings. The second-order valence-corrected chi connectivity index (χ2v) is 5.80. The van der Waals surface area contributed by atoms with Crippen molar-refractivity contribution >= 4 is 11.6 Å². The molecule has 1 unspecified atom stereocenters. The molecular weight excluding hydrogens is 244 g/mol. The Labute approximate surface area is 115 Å². The molecule has 0 amide bonds. The number of hydrazine groups is 1. The summed E-state index contributed by atoms with van der Waals surface area (Å²) in [4.78, 5) is 0. The maximum atomic E-state index is 6.03. The quantitative estimate of drug-likeness (QED) is 0.496. The van der Waals surface area contributed by atoms with Crippen molar-refractivity contribution in [3.63, 3.8) is 0 Å². The summed E-state index contributed by atoms with van der Waals surface area (Å²) < 4.78 is 0. The van der Waals surface area contributed by atoms with Crippen LogP contribution in [0.2, 0.25) is 5.02 Å². The van der Waals surface area contributed by atoms with Gasteiger partial charge < -0.3 is 0 Å². The molecular formula is C15H23ClN2. The van der Waals surface area contributed by atoms with E-state index in [4.69, 9.17) is 17.4 Å². The normalized spacial score (nSPS) is 19.4. The van der Waals surface area contributed by atoms with Gasteiger partial charge in [-0.1, -0.05) is 49.4 Å². The van der Waals surface area contributed by atoms with E-state index in [0.29, 0.717) is 12.0 Å². The van der Waals surface area contributed by atoms with Crippen LogP contribution < -0.4 is 11.3 Å². The van der Waals surface area contributed by atoms with Gasteiger partial charge in [0.25, 0.3) is 0 Å². The third kappa shape index (κ3) is 3.98. The molecule has 1 saturated carbocycles. The van der Waals surface area contributed by atoms with Crippen LogP contribution in [0.25, 0.3) is 0 Å². The fourth-order valence-corrected chi connectivity index (χ4v) is 3.21. The molecule has 1 aliphatic carbocycles. The Hall–Kier alpha value is -0.570. The van der Waals surface area contributed by atoms with E-state index in [1.807, 2.05) is 18.2 Å². The van der Waals surface area contributed by atoms with Gasteiger partial charge in [-0.3, -0.25) is 11.3 Å². The van der Waals surface area contributed by atoms with Crippen LogP contribution in [0.1, 0.15) is 44.1 Å². The van der Waals surface area contributed by atoms with Crippen molar-refractivity contribution in [2.45, 2.75) is 51.0 Å². The minimum atomic E-state index is 0.376. The molecule has 2 nitrogen and oxygen atoms in total. The molecule has 0 aromatic heterocycles. The van der Waals surface area contributed by atoms with Crippen LogP contribution in [-0.2, 0) is 6.42 Å². The molecule has 3 heteroatoms. The van der Waals surface area contributed by atoms with Gasteiger partial charge in [0, 0.05) is 11.1 Å². The van der Waals surface area contributed by atoms with Gasteiger partial charge in [0.15, 0.2) is 0 Å². The van der Waals surface area contributed by atoms with E-state index in [0.717, 1.165) is 11.4 Å². The van der Waals surface area contributed by atoms with Gasteiger partial charge in [-0.2, -0.15) is 0 Å². The molecule has 0 spiro atoms. The topological polar surface area (TPSA) is 38.0 Å². The van der Waals surface area contributed by atoms with Crippen molar-refractivity contribution in [2.24, 2.45) is 11.8 Å². The molecule has 1 fully saturated rings. The first-order chi connectivity index (χ1) is 8.79. The van der Waals surface area contributed by atoms with Crippen LogP contribution in [-0.4, -0.2) is 6.04 Å². The molecule has 0 heterocycles. The summed E-state index contributed by atoms with van der Waals surface area (Å²) in [6.07, 6.45) is 9.03. The first-order valence-electron chi connectivity index (χ1n) is 7.00. The smallest absolute Gasteiger partial charge is 0.0408 e. The number of rotatable bonds is 4. The third-order valence-corrected chi connectivity index (χ3v) is 4.26. The molecule has 18 heavy (non-hydrogen) atoms. The molecule has 0 bridgehead atoms. The Balaban J connectivity index is 1.99. The minimum Gasteiger partial charge on any atom is -0.271 e. The van der Waals surface area contributed by atoms with Gasteiger partial charge in [-0.25, -0.2) is 0 Å². The summed E-state index contributed by atoms with van der Waals surface area (Å²) in [6, 6.07) is 8.48. The summed E-state index contributed by atoms with van der Waals surface area (Å²) >= 11 is 6.03. The standard InChI is InChI=1S/C15H23ClN2/c16-14-9-5-6-12(10-14)11-15(18-17)13-7-3-1-2-4-8-13/h5-6,9-10,13,15,18H,1-4,7-8,11,17H2. The monoisotopic (exact) mass is 266 g/mol. The Bertz CT molecular complexity index is 359. The zero-order valence-electron chi connectivity index (χ0n) is 10.9. The van der Waals surface area contributed by atoms with Gasteiger partial charge in [0.1, 0.15) is 0 Å². The molecule has 1 aromatic carbocycles. The second-order valence-electron chi connectivity index (χ2n) is 5.36. The van der Waals surface area contributed by atoms with Crippen molar-refractivity contribution < 1.29 is 0 Å². The molecule has 3 N–H and O–H groups in total. The lowest BCUT2D eigenvalue weighted by Gasteiger charge is -2.25. The number of hydrogen-bond donors (Lipinski definition) is 2. The predicted octanol–water partition coefficient (Wildman–Crippen LogP) is 3.68. The van der Waals surface area contributed by atoms with E-state index in [9.17, 15) is 0 Å². The molecule has 1 atom stereocenters. The number of hydrogen-bond acceptors (Lipinski definition) is 2. The van der Waals surface area contributed by atoms with Crippen molar-refractivity contribution in [3.8, 4) is 0 Å². The van der Waals surface area contributed by atoms with Crippen molar-refractivity contribution in [3.05, 3.63) is 34.9 Å². The average molecular weight is 267 g/mol. The third-order valence-electron chi connectivity index (χ3n) is 4.03. The van der Waals surface area contributed by atoms with Crippen LogP contribution in [0.5, 0.6) is 0 Å². The van der Waals surface area contributed by atoms with E-state index < -0.39 is 0 Å². The van der Waals surface area contributed by atoms with Crippen LogP contribution in [0.15, 0.2) is 24.3 Å². The summed E-state index contributed by atoms with van der Waals surface area (Å²) in [6.45, 7) is 0. The lowest BCUT2D eigenvalue weighted by atomic mass is 9.88. The summed E-state index contributed by atoms with van der Waals surface area (Å²) in [5, 5.41) is 0.809. The van der Waals surface area contributed by atoms with Gasteiger partial charge in [0.2, 0.25) is 0 Å². The number of nitrogens with two attached hydrogens (primary N) is 1. The van der Waals surface area contributed by atoms with Crippen molar-refractivity contribution in [2.75, 3.05) is 0 Å². The minimum absolute atomic E-state index is 0.376. The van der Waals surface area contributed by atoms with Crippen molar-refractivity contribution in [1.29, 1.82) is 0 Å². The summed E-state index contributed by atoms with van der Waals surface area (Å²) in [5.74, 6) is 6.46. The predicted molar refractivity (Wildman–Crippen MR) is 77.5 cm³/mol. The molecule has 100 valence electrons. The zero-order valence-corrected chi connectivity index (χ0v) is 11.6. The largest absolute Gasteiger partial charge is 0.271 e. The van der Waals surface area contributed by atoms with Crippen molar-refractivity contribution in [1.82, 2.24) is 5.43 Å².